The summed E-state index contributed by atoms with van der Waals surface area (Å²) >= 11 is 0. The van der Waals surface area contributed by atoms with Crippen LogP contribution in [0.5, 0.6) is 0 Å². The molecule has 0 aliphatic carbocycles. The molecule has 7 nitrogen and oxygen atoms in total. The molecule has 3 heterocycles. The van der Waals surface area contributed by atoms with Crippen LogP contribution in [0.15, 0.2) is 47.0 Å². The molecule has 0 spiro atoms. The highest BCUT2D eigenvalue weighted by atomic mass is 19.1. The molecular formula is C23H23FN4O3. The predicted octanol–water partition coefficient (Wildman–Crippen LogP) is 4.31. The third kappa shape index (κ3) is 3.90. The van der Waals surface area contributed by atoms with E-state index in [0.29, 0.717) is 24.5 Å². The first-order valence-corrected chi connectivity index (χ1v) is 10.4. The quantitative estimate of drug-likeness (QED) is 0.624. The van der Waals surface area contributed by atoms with Gasteiger partial charge < -0.3 is 9.26 Å². The second-order valence-electron chi connectivity index (χ2n) is 8.06. The number of aryl methyl sites for hydroxylation is 1. The molecule has 2 aliphatic heterocycles. The van der Waals surface area contributed by atoms with E-state index < -0.39 is 0 Å². The Bertz CT molecular complexity index is 1110. The monoisotopic (exact) mass is 422 g/mol. The van der Waals surface area contributed by atoms with Crippen molar-refractivity contribution in [3.8, 4) is 11.5 Å². The van der Waals surface area contributed by atoms with Crippen LogP contribution < -0.4 is 4.90 Å². The number of rotatable bonds is 4. The zero-order chi connectivity index (χ0) is 21.4. The Balaban J connectivity index is 1.24. The first-order chi connectivity index (χ1) is 15.1. The molecule has 160 valence electrons. The lowest BCUT2D eigenvalue weighted by Crippen LogP contribution is -2.49. The number of likely N-dealkylation sites (tertiary alicyclic amines) is 1. The van der Waals surface area contributed by atoms with Gasteiger partial charge in [0, 0.05) is 24.7 Å². The van der Waals surface area contributed by atoms with Crippen LogP contribution in [0.3, 0.4) is 0 Å². The molecule has 0 atom stereocenters. The highest BCUT2D eigenvalue weighted by molar-refractivity contribution is 5.91. The van der Waals surface area contributed by atoms with Gasteiger partial charge >= 0.3 is 6.09 Å². The molecule has 1 aromatic heterocycles. The number of cyclic esters (lactones) is 1. The molecule has 1 fully saturated rings. The number of para-hydroxylation sites is 1. The van der Waals surface area contributed by atoms with Gasteiger partial charge in [0.1, 0.15) is 12.4 Å². The zero-order valence-corrected chi connectivity index (χ0v) is 17.3. The molecule has 0 bridgehead atoms. The van der Waals surface area contributed by atoms with Crippen molar-refractivity contribution >= 4 is 11.8 Å². The predicted molar refractivity (Wildman–Crippen MR) is 112 cm³/mol. The van der Waals surface area contributed by atoms with Crippen molar-refractivity contribution in [2.24, 2.45) is 0 Å². The van der Waals surface area contributed by atoms with Crippen LogP contribution in [0, 0.1) is 12.7 Å². The highest BCUT2D eigenvalue weighted by Gasteiger charge is 2.34. The smallest absolute Gasteiger partial charge is 0.414 e. The molecule has 0 unspecified atom stereocenters. The Kier molecular flexibility index (Phi) is 5.15. The lowest BCUT2D eigenvalue weighted by Gasteiger charge is -2.39. The van der Waals surface area contributed by atoms with Crippen LogP contribution in [0.1, 0.15) is 29.8 Å². The maximum Gasteiger partial charge on any atom is 0.414 e. The Hall–Kier alpha value is -3.26. The van der Waals surface area contributed by atoms with E-state index in [9.17, 15) is 9.18 Å². The van der Waals surface area contributed by atoms with E-state index in [1.54, 1.807) is 17.0 Å². The average molecular weight is 422 g/mol. The van der Waals surface area contributed by atoms with Gasteiger partial charge in [-0.1, -0.05) is 35.0 Å². The minimum atomic E-state index is -0.379. The molecule has 0 radical (unpaired) electrons. The van der Waals surface area contributed by atoms with Crippen LogP contribution in [0.2, 0.25) is 0 Å². The number of benzene rings is 2. The molecule has 3 aromatic rings. The van der Waals surface area contributed by atoms with Crippen molar-refractivity contribution < 1.29 is 18.4 Å². The number of fused-ring (bicyclic) bond motifs is 1. The van der Waals surface area contributed by atoms with Gasteiger partial charge in [0.25, 0.3) is 5.89 Å². The molecule has 1 amide bonds. The number of piperidine rings is 1. The number of nitrogens with zero attached hydrogens (tertiary/aromatic N) is 4. The first kappa shape index (κ1) is 19.7. The fourth-order valence-electron chi connectivity index (χ4n) is 4.29. The molecule has 31 heavy (non-hydrogen) atoms. The van der Waals surface area contributed by atoms with Crippen LogP contribution in [0.25, 0.3) is 11.5 Å². The fourth-order valence-corrected chi connectivity index (χ4v) is 4.29. The fraction of sp³-hybridized carbons (Fsp3) is 0.348. The summed E-state index contributed by atoms with van der Waals surface area (Å²) in [5.41, 5.74) is 3.23. The van der Waals surface area contributed by atoms with E-state index in [1.165, 1.54) is 6.07 Å². The van der Waals surface area contributed by atoms with E-state index in [1.807, 2.05) is 31.2 Å². The number of carbonyl (C=O) groups is 1. The summed E-state index contributed by atoms with van der Waals surface area (Å²) in [4.78, 5) is 20.8. The largest absolute Gasteiger partial charge is 0.444 e. The van der Waals surface area contributed by atoms with Crippen molar-refractivity contribution in [3.63, 3.8) is 0 Å². The minimum absolute atomic E-state index is 0.0902. The molecule has 1 saturated heterocycles. The van der Waals surface area contributed by atoms with Crippen molar-refractivity contribution in [3.05, 3.63) is 65.2 Å². The van der Waals surface area contributed by atoms with Crippen molar-refractivity contribution in [1.82, 2.24) is 15.0 Å². The van der Waals surface area contributed by atoms with Gasteiger partial charge in [0.15, 0.2) is 5.82 Å². The number of anilines is 1. The van der Waals surface area contributed by atoms with Crippen LogP contribution in [-0.2, 0) is 17.9 Å². The lowest BCUT2D eigenvalue weighted by molar-refractivity contribution is 0.130. The highest BCUT2D eigenvalue weighted by Crippen LogP contribution is 2.32. The number of carbonyl (C=O) groups excluding carboxylic acids is 1. The number of ether oxygens (including phenoxy) is 1. The standard InChI is InChI=1S/C23H23FN4O3/c1-15-6-7-19(24)18(12-15)22-25-21(26-31-22)13-27-10-8-17(9-11-27)28-20-5-3-2-4-16(20)14-30-23(28)29/h2-7,12,17H,8-11,13-14H2,1H3. The van der Waals surface area contributed by atoms with Crippen molar-refractivity contribution in [2.75, 3.05) is 18.0 Å². The summed E-state index contributed by atoms with van der Waals surface area (Å²) in [6, 6.07) is 12.8. The zero-order valence-electron chi connectivity index (χ0n) is 17.3. The molecule has 2 aliphatic rings. The number of amides is 1. The van der Waals surface area contributed by atoms with E-state index in [-0.39, 0.29) is 23.8 Å². The van der Waals surface area contributed by atoms with Gasteiger partial charge in [-0.25, -0.2) is 9.18 Å². The summed E-state index contributed by atoms with van der Waals surface area (Å²) in [7, 11) is 0. The Morgan fingerprint density at radius 1 is 1.16 bits per heavy atom. The Morgan fingerprint density at radius 2 is 1.97 bits per heavy atom. The van der Waals surface area contributed by atoms with Crippen LogP contribution in [-0.4, -0.2) is 40.3 Å². The molecule has 2 aromatic carbocycles. The van der Waals surface area contributed by atoms with E-state index in [2.05, 4.69) is 15.0 Å². The second-order valence-corrected chi connectivity index (χ2v) is 8.06. The lowest BCUT2D eigenvalue weighted by atomic mass is 10.0. The maximum atomic E-state index is 14.1. The molecule has 0 N–H and O–H groups in total. The summed E-state index contributed by atoms with van der Waals surface area (Å²) in [5, 5.41) is 4.03. The molecule has 8 heteroatoms. The van der Waals surface area contributed by atoms with Crippen molar-refractivity contribution in [2.45, 2.75) is 39.0 Å². The van der Waals surface area contributed by atoms with Gasteiger partial charge in [0.2, 0.25) is 0 Å². The third-order valence-corrected chi connectivity index (χ3v) is 5.91. The molecule has 5 rings (SSSR count). The SMILES string of the molecule is Cc1ccc(F)c(-c2nc(CN3CCC(N4C(=O)OCc5ccccc54)CC3)no2)c1. The van der Waals surface area contributed by atoms with Crippen molar-refractivity contribution in [1.29, 1.82) is 0 Å². The third-order valence-electron chi connectivity index (χ3n) is 5.91. The second kappa shape index (κ2) is 8.11. The Morgan fingerprint density at radius 3 is 2.81 bits per heavy atom. The number of halogens is 1. The average Bonchev–Trinajstić information content (AvgIpc) is 3.24. The Labute approximate surface area is 179 Å². The van der Waals surface area contributed by atoms with Crippen LogP contribution in [0.4, 0.5) is 14.9 Å². The first-order valence-electron chi connectivity index (χ1n) is 10.4. The summed E-state index contributed by atoms with van der Waals surface area (Å²) < 4.78 is 24.8. The summed E-state index contributed by atoms with van der Waals surface area (Å²) in [6.07, 6.45) is 1.36. The number of aromatic nitrogens is 2. The summed E-state index contributed by atoms with van der Waals surface area (Å²) in [6.45, 7) is 4.32. The topological polar surface area (TPSA) is 71.7 Å². The van der Waals surface area contributed by atoms with E-state index >= 15 is 0 Å². The van der Waals surface area contributed by atoms with Gasteiger partial charge in [-0.3, -0.25) is 9.80 Å². The molecular weight excluding hydrogens is 399 g/mol. The number of hydrogen-bond acceptors (Lipinski definition) is 6. The van der Waals surface area contributed by atoms with Gasteiger partial charge in [-0.05, 0) is 38.0 Å². The van der Waals surface area contributed by atoms with Gasteiger partial charge in [-0.15, -0.1) is 0 Å². The van der Waals surface area contributed by atoms with Gasteiger partial charge in [-0.2, -0.15) is 4.98 Å². The van der Waals surface area contributed by atoms with Gasteiger partial charge in [0.05, 0.1) is 17.8 Å². The number of hydrogen-bond donors (Lipinski definition) is 0. The van der Waals surface area contributed by atoms with E-state index in [4.69, 9.17) is 9.26 Å². The summed E-state index contributed by atoms with van der Waals surface area (Å²) in [5.74, 6) is 0.339. The normalized spacial score (nSPS) is 17.5. The molecule has 0 saturated carbocycles. The van der Waals surface area contributed by atoms with Crippen LogP contribution >= 0.6 is 0 Å². The maximum absolute atomic E-state index is 14.1. The minimum Gasteiger partial charge on any atom is -0.444 e. The van der Waals surface area contributed by atoms with E-state index in [0.717, 1.165) is 42.7 Å².